The van der Waals surface area contributed by atoms with E-state index < -0.39 is 0 Å². The Balaban J connectivity index is 1.23. The lowest BCUT2D eigenvalue weighted by molar-refractivity contribution is 0.0274. The molecule has 1 N–H and O–H groups in total. The molecule has 10 heteroatoms. The van der Waals surface area contributed by atoms with Crippen LogP contribution in [0.4, 0.5) is 5.13 Å². The summed E-state index contributed by atoms with van der Waals surface area (Å²) in [6.45, 7) is 4.84. The molecule has 2 saturated heterocycles. The molecule has 0 radical (unpaired) electrons. The number of fused-ring (bicyclic) bond motifs is 3. The average Bonchev–Trinajstić information content (AvgIpc) is 3.54. The van der Waals surface area contributed by atoms with E-state index in [1.54, 1.807) is 41.3 Å². The van der Waals surface area contributed by atoms with E-state index in [2.05, 4.69) is 57.9 Å². The summed E-state index contributed by atoms with van der Waals surface area (Å²) in [6, 6.07) is 0.504. The normalized spacial score (nSPS) is 27.9. The number of anilines is 1. The Kier molecular flexibility index (Phi) is 4.44. The molecule has 6 rings (SSSR count). The van der Waals surface area contributed by atoms with Gasteiger partial charge in [0.1, 0.15) is 10.7 Å². The minimum atomic E-state index is 0.285. The molecule has 0 aromatic carbocycles. The number of nitrogens with one attached hydrogen (secondary N) is 1. The molecule has 0 saturated carbocycles. The number of hydrogen-bond acceptors (Lipinski definition) is 9. The van der Waals surface area contributed by atoms with Crippen molar-refractivity contribution in [1.29, 1.82) is 0 Å². The lowest BCUT2D eigenvalue weighted by Gasteiger charge is -2.51. The van der Waals surface area contributed by atoms with Crippen molar-refractivity contribution < 1.29 is 0 Å². The van der Waals surface area contributed by atoms with Crippen LogP contribution in [0.2, 0.25) is 0 Å². The van der Waals surface area contributed by atoms with Crippen molar-refractivity contribution in [1.82, 2.24) is 35.0 Å². The number of rotatable bonds is 4. The summed E-state index contributed by atoms with van der Waals surface area (Å²) in [4.78, 5) is 25.8. The van der Waals surface area contributed by atoms with Gasteiger partial charge in [0.05, 0.1) is 24.3 Å². The van der Waals surface area contributed by atoms with Crippen LogP contribution in [0.25, 0.3) is 31.6 Å². The number of aromatic amines is 1. The predicted octanol–water partition coefficient (Wildman–Crippen LogP) is 4.44. The monoisotopic (exact) mass is 466 g/mol. The van der Waals surface area contributed by atoms with Gasteiger partial charge in [-0.05, 0) is 46.6 Å². The molecule has 166 valence electrons. The molecule has 0 aliphatic carbocycles. The fourth-order valence-corrected chi connectivity index (χ4v) is 7.42. The number of hydrogen-bond donors (Lipinski definition) is 1. The molecule has 4 aromatic rings. The second-order valence-corrected chi connectivity index (χ2v) is 11.6. The SMILES string of the molecule is CN(c1nc2sc(-c3cnc(-c4cn[nH]c4)cn3)nc2s1)C1C[C@]2(C)CC[C@](C)(C1)N2C. The van der Waals surface area contributed by atoms with Crippen molar-refractivity contribution >= 4 is 37.5 Å². The van der Waals surface area contributed by atoms with Crippen molar-refractivity contribution in [2.45, 2.75) is 56.7 Å². The maximum Gasteiger partial charge on any atom is 0.188 e. The Labute approximate surface area is 194 Å². The summed E-state index contributed by atoms with van der Waals surface area (Å²) in [5, 5.41) is 8.68. The van der Waals surface area contributed by atoms with Gasteiger partial charge >= 0.3 is 0 Å². The van der Waals surface area contributed by atoms with Crippen molar-refractivity contribution in [2.75, 3.05) is 19.0 Å². The van der Waals surface area contributed by atoms with Crippen LogP contribution < -0.4 is 4.90 Å². The smallest absolute Gasteiger partial charge is 0.188 e. The van der Waals surface area contributed by atoms with Crippen LogP contribution in [0, 0.1) is 0 Å². The van der Waals surface area contributed by atoms with Crippen molar-refractivity contribution in [3.05, 3.63) is 24.8 Å². The van der Waals surface area contributed by atoms with E-state index in [-0.39, 0.29) is 11.1 Å². The van der Waals surface area contributed by atoms with E-state index in [4.69, 9.17) is 9.97 Å². The summed E-state index contributed by atoms with van der Waals surface area (Å²) in [6.07, 6.45) is 12.0. The highest BCUT2D eigenvalue weighted by atomic mass is 32.1. The Morgan fingerprint density at radius 2 is 1.69 bits per heavy atom. The molecule has 32 heavy (non-hydrogen) atoms. The number of piperidine rings is 1. The van der Waals surface area contributed by atoms with E-state index in [9.17, 15) is 0 Å². The minimum absolute atomic E-state index is 0.285. The van der Waals surface area contributed by atoms with Crippen molar-refractivity contribution in [2.24, 2.45) is 0 Å². The topological polar surface area (TPSA) is 86.7 Å². The first kappa shape index (κ1) is 20.2. The second kappa shape index (κ2) is 7.03. The molecule has 0 amide bonds. The van der Waals surface area contributed by atoms with Gasteiger partial charge in [-0.1, -0.05) is 22.7 Å². The van der Waals surface area contributed by atoms with E-state index in [0.29, 0.717) is 6.04 Å². The van der Waals surface area contributed by atoms with Crippen LogP contribution in [0.1, 0.15) is 39.5 Å². The van der Waals surface area contributed by atoms with Gasteiger partial charge in [0.2, 0.25) is 0 Å². The largest absolute Gasteiger partial charge is 0.348 e. The number of H-pyrrole nitrogens is 1. The summed E-state index contributed by atoms with van der Waals surface area (Å²) < 4.78 is 0. The molecule has 6 heterocycles. The van der Waals surface area contributed by atoms with Crippen LogP contribution in [0.5, 0.6) is 0 Å². The van der Waals surface area contributed by atoms with Crippen LogP contribution >= 0.6 is 22.7 Å². The zero-order valence-corrected chi connectivity index (χ0v) is 20.3. The highest BCUT2D eigenvalue weighted by Crippen LogP contribution is 2.51. The maximum atomic E-state index is 4.95. The van der Waals surface area contributed by atoms with Crippen LogP contribution in [0.15, 0.2) is 24.8 Å². The molecule has 2 aliphatic rings. The zero-order valence-electron chi connectivity index (χ0n) is 18.7. The quantitative estimate of drug-likeness (QED) is 0.476. The Hall–Kier alpha value is -2.43. The van der Waals surface area contributed by atoms with Crippen molar-refractivity contribution in [3.63, 3.8) is 0 Å². The number of aromatic nitrogens is 6. The van der Waals surface area contributed by atoms with Gasteiger partial charge in [-0.15, -0.1) is 0 Å². The maximum absolute atomic E-state index is 4.95. The Morgan fingerprint density at radius 1 is 1.00 bits per heavy atom. The fraction of sp³-hybridized carbons (Fsp3) is 0.500. The van der Waals surface area contributed by atoms with Crippen LogP contribution in [0.3, 0.4) is 0 Å². The molecule has 2 aliphatic heterocycles. The lowest BCUT2D eigenvalue weighted by atomic mass is 9.82. The number of nitrogens with zero attached hydrogens (tertiary/aromatic N) is 7. The minimum Gasteiger partial charge on any atom is -0.348 e. The number of thiazole rings is 2. The van der Waals surface area contributed by atoms with E-state index >= 15 is 0 Å². The molecule has 8 nitrogen and oxygen atoms in total. The first-order valence-electron chi connectivity index (χ1n) is 10.9. The Morgan fingerprint density at radius 3 is 2.31 bits per heavy atom. The standard InChI is InChI=1S/C22H26N8S2/c1-21-5-6-22(2,30(21)4)8-14(7-21)29(3)20-28-19-18(32-20)27-17(31-19)16-12-23-15(11-24-16)13-9-25-26-10-13/h9-12,14H,5-8H2,1-4H3,(H,25,26)/t14?,21-,22+. The third-order valence-electron chi connectivity index (χ3n) is 7.65. The molecular weight excluding hydrogens is 440 g/mol. The first-order valence-corrected chi connectivity index (χ1v) is 12.5. The third-order valence-corrected chi connectivity index (χ3v) is 9.79. The van der Waals surface area contributed by atoms with Gasteiger partial charge in [0.25, 0.3) is 0 Å². The molecule has 2 fully saturated rings. The van der Waals surface area contributed by atoms with Gasteiger partial charge in [0, 0.05) is 35.9 Å². The lowest BCUT2D eigenvalue weighted by Crippen LogP contribution is -2.59. The molecule has 2 bridgehead atoms. The summed E-state index contributed by atoms with van der Waals surface area (Å²) in [5.41, 5.74) is 3.05. The fourth-order valence-electron chi connectivity index (χ4n) is 5.39. The van der Waals surface area contributed by atoms with Gasteiger partial charge in [0.15, 0.2) is 14.8 Å². The highest BCUT2D eigenvalue weighted by Gasteiger charge is 2.54. The van der Waals surface area contributed by atoms with Crippen LogP contribution in [-0.4, -0.2) is 66.2 Å². The van der Waals surface area contributed by atoms with Gasteiger partial charge in [-0.3, -0.25) is 15.0 Å². The Bertz CT molecular complexity index is 1210. The molecule has 4 aromatic heterocycles. The molecule has 0 spiro atoms. The van der Waals surface area contributed by atoms with E-state index in [1.165, 1.54) is 25.7 Å². The van der Waals surface area contributed by atoms with E-state index in [1.807, 2.05) is 6.20 Å². The summed E-state index contributed by atoms with van der Waals surface area (Å²) in [5.74, 6) is 0. The van der Waals surface area contributed by atoms with E-state index in [0.717, 1.165) is 36.8 Å². The van der Waals surface area contributed by atoms with Crippen molar-refractivity contribution in [3.8, 4) is 22.0 Å². The third kappa shape index (κ3) is 3.07. The zero-order chi connectivity index (χ0) is 22.1. The molecular formula is C22H26N8S2. The molecule has 1 unspecified atom stereocenters. The van der Waals surface area contributed by atoms with Gasteiger partial charge < -0.3 is 4.90 Å². The van der Waals surface area contributed by atoms with Gasteiger partial charge in [-0.25, -0.2) is 15.0 Å². The molecule has 3 atom stereocenters. The highest BCUT2D eigenvalue weighted by molar-refractivity contribution is 7.29. The average molecular weight is 467 g/mol. The summed E-state index contributed by atoms with van der Waals surface area (Å²) in [7, 11) is 4.50. The first-order chi connectivity index (χ1) is 15.3. The van der Waals surface area contributed by atoms with Crippen LogP contribution in [-0.2, 0) is 0 Å². The summed E-state index contributed by atoms with van der Waals surface area (Å²) >= 11 is 3.26. The predicted molar refractivity (Wildman–Crippen MR) is 129 cm³/mol. The second-order valence-electron chi connectivity index (χ2n) is 9.63. The van der Waals surface area contributed by atoms with Gasteiger partial charge in [-0.2, -0.15) is 5.10 Å².